The lowest BCUT2D eigenvalue weighted by Crippen LogP contribution is -2.30. The van der Waals surface area contributed by atoms with Gasteiger partial charge in [0.25, 0.3) is 17.7 Å². The molecule has 0 fully saturated rings. The van der Waals surface area contributed by atoms with E-state index in [2.05, 4.69) is 25.9 Å². The summed E-state index contributed by atoms with van der Waals surface area (Å²) in [4.78, 5) is 45.7. The lowest BCUT2D eigenvalue weighted by Gasteiger charge is -2.10. The van der Waals surface area contributed by atoms with Crippen molar-refractivity contribution in [1.29, 1.82) is 0 Å². The number of aromatic nitrogens is 2. The van der Waals surface area contributed by atoms with E-state index in [-0.39, 0.29) is 29.1 Å². The predicted molar refractivity (Wildman–Crippen MR) is 137 cm³/mol. The number of furan rings is 1. The van der Waals surface area contributed by atoms with Gasteiger partial charge < -0.3 is 26.1 Å². The van der Waals surface area contributed by atoms with E-state index < -0.39 is 5.91 Å². The third-order valence-corrected chi connectivity index (χ3v) is 5.40. The molecule has 4 rings (SSSR count). The van der Waals surface area contributed by atoms with Crippen LogP contribution in [0.3, 0.4) is 0 Å². The SMILES string of the molecule is Nc1ncc(-c2cccc(C(=O)NCc3ccccc3)c2)nc1C(=O)NCCCNC(=O)c1ccco1. The monoisotopic (exact) mass is 498 g/mol. The van der Waals surface area contributed by atoms with Crippen LogP contribution in [0.2, 0.25) is 0 Å². The van der Waals surface area contributed by atoms with Gasteiger partial charge in [0.05, 0.1) is 18.2 Å². The number of nitrogens with zero attached hydrogens (tertiary/aromatic N) is 2. The fourth-order valence-electron chi connectivity index (χ4n) is 3.48. The Bertz CT molecular complexity index is 1370. The van der Waals surface area contributed by atoms with Crippen LogP contribution in [-0.4, -0.2) is 40.8 Å². The van der Waals surface area contributed by atoms with Crippen LogP contribution in [0.5, 0.6) is 0 Å². The lowest BCUT2D eigenvalue weighted by molar-refractivity contribution is 0.0922. The molecule has 0 aliphatic carbocycles. The third kappa shape index (κ3) is 6.79. The van der Waals surface area contributed by atoms with Crippen LogP contribution in [0.4, 0.5) is 5.82 Å². The van der Waals surface area contributed by atoms with E-state index in [9.17, 15) is 14.4 Å². The van der Waals surface area contributed by atoms with Crippen molar-refractivity contribution in [3.63, 3.8) is 0 Å². The van der Waals surface area contributed by atoms with Gasteiger partial charge in [-0.1, -0.05) is 42.5 Å². The van der Waals surface area contributed by atoms with Crippen LogP contribution in [0.25, 0.3) is 11.3 Å². The van der Waals surface area contributed by atoms with Crippen LogP contribution in [-0.2, 0) is 6.54 Å². The Kier molecular flexibility index (Phi) is 8.22. The van der Waals surface area contributed by atoms with Gasteiger partial charge >= 0.3 is 0 Å². The molecule has 0 saturated heterocycles. The van der Waals surface area contributed by atoms with Crippen LogP contribution in [0.15, 0.2) is 83.6 Å². The van der Waals surface area contributed by atoms with E-state index in [1.165, 1.54) is 12.5 Å². The minimum absolute atomic E-state index is 0.0101. The van der Waals surface area contributed by atoms with Gasteiger partial charge in [-0.05, 0) is 36.2 Å². The molecule has 0 bridgehead atoms. The van der Waals surface area contributed by atoms with Crippen molar-refractivity contribution in [3.05, 3.63) is 102 Å². The molecular formula is C27H26N6O4. The molecular weight excluding hydrogens is 472 g/mol. The second-order valence-electron chi connectivity index (χ2n) is 8.08. The molecule has 0 spiro atoms. The van der Waals surface area contributed by atoms with Crippen LogP contribution < -0.4 is 21.7 Å². The first-order valence-corrected chi connectivity index (χ1v) is 11.7. The maximum absolute atomic E-state index is 12.7. The van der Waals surface area contributed by atoms with E-state index in [1.54, 1.807) is 36.4 Å². The zero-order chi connectivity index (χ0) is 26.0. The van der Waals surface area contributed by atoms with Gasteiger partial charge in [0.15, 0.2) is 17.3 Å². The number of nitrogens with two attached hydrogens (primary N) is 1. The molecule has 2 heterocycles. The second-order valence-corrected chi connectivity index (χ2v) is 8.08. The Morgan fingerprint density at radius 2 is 1.62 bits per heavy atom. The predicted octanol–water partition coefficient (Wildman–Crippen LogP) is 2.80. The summed E-state index contributed by atoms with van der Waals surface area (Å²) in [5.41, 5.74) is 8.35. The molecule has 10 nitrogen and oxygen atoms in total. The van der Waals surface area contributed by atoms with E-state index in [4.69, 9.17) is 10.2 Å². The summed E-state index contributed by atoms with van der Waals surface area (Å²) < 4.78 is 5.03. The summed E-state index contributed by atoms with van der Waals surface area (Å²) in [6.07, 6.45) is 3.37. The Morgan fingerprint density at radius 1 is 0.838 bits per heavy atom. The van der Waals surface area contributed by atoms with Crippen molar-refractivity contribution in [2.75, 3.05) is 18.8 Å². The molecule has 10 heteroatoms. The topological polar surface area (TPSA) is 152 Å². The second kappa shape index (κ2) is 12.1. The van der Waals surface area contributed by atoms with E-state index in [1.807, 2.05) is 30.3 Å². The molecule has 5 N–H and O–H groups in total. The maximum atomic E-state index is 12.7. The van der Waals surface area contributed by atoms with Crippen molar-refractivity contribution >= 4 is 23.5 Å². The average molecular weight is 499 g/mol. The number of benzene rings is 2. The first-order valence-electron chi connectivity index (χ1n) is 11.7. The number of hydrogen-bond acceptors (Lipinski definition) is 7. The number of nitrogens with one attached hydrogen (secondary N) is 3. The summed E-state index contributed by atoms with van der Waals surface area (Å²) in [6, 6.07) is 19.7. The van der Waals surface area contributed by atoms with E-state index >= 15 is 0 Å². The molecule has 2 aromatic heterocycles. The molecule has 0 aliphatic heterocycles. The quantitative estimate of drug-likeness (QED) is 0.245. The van der Waals surface area contributed by atoms with Gasteiger partial charge in [0.2, 0.25) is 0 Å². The molecule has 37 heavy (non-hydrogen) atoms. The number of hydrogen-bond donors (Lipinski definition) is 4. The number of rotatable bonds is 10. The van der Waals surface area contributed by atoms with E-state index in [0.29, 0.717) is 42.9 Å². The highest BCUT2D eigenvalue weighted by Crippen LogP contribution is 2.20. The molecule has 0 saturated carbocycles. The molecule has 188 valence electrons. The molecule has 3 amide bonds. The van der Waals surface area contributed by atoms with Gasteiger partial charge in [0.1, 0.15) is 0 Å². The molecule has 0 radical (unpaired) electrons. The standard InChI is InChI=1S/C27H26N6O4/c28-24-23(27(36)30-13-6-12-29-26(35)22-11-5-14-37-22)33-21(17-31-24)19-9-4-10-20(15-19)25(34)32-16-18-7-2-1-3-8-18/h1-5,7-11,14-15,17H,6,12-13,16H2,(H2,28,31)(H,29,35)(H,30,36)(H,32,34). The fourth-order valence-corrected chi connectivity index (χ4v) is 3.48. The maximum Gasteiger partial charge on any atom is 0.286 e. The zero-order valence-corrected chi connectivity index (χ0v) is 19.9. The Morgan fingerprint density at radius 3 is 2.38 bits per heavy atom. The Balaban J connectivity index is 1.34. The fraction of sp³-hybridized carbons (Fsp3) is 0.148. The molecule has 0 atom stereocenters. The number of carbonyl (C=O) groups excluding carboxylic acids is 3. The van der Waals surface area contributed by atoms with Gasteiger partial charge in [-0.25, -0.2) is 9.97 Å². The van der Waals surface area contributed by atoms with Gasteiger partial charge in [0, 0.05) is 30.8 Å². The minimum atomic E-state index is -0.485. The highest BCUT2D eigenvalue weighted by atomic mass is 16.3. The van der Waals surface area contributed by atoms with Gasteiger partial charge in [-0.2, -0.15) is 0 Å². The Hall–Kier alpha value is -4.99. The van der Waals surface area contributed by atoms with Crippen LogP contribution in [0, 0.1) is 0 Å². The highest BCUT2D eigenvalue weighted by molar-refractivity contribution is 5.97. The smallest absolute Gasteiger partial charge is 0.286 e. The largest absolute Gasteiger partial charge is 0.459 e. The van der Waals surface area contributed by atoms with Gasteiger partial charge in [-0.15, -0.1) is 0 Å². The van der Waals surface area contributed by atoms with Crippen molar-refractivity contribution in [2.45, 2.75) is 13.0 Å². The van der Waals surface area contributed by atoms with Gasteiger partial charge in [-0.3, -0.25) is 14.4 Å². The average Bonchev–Trinajstić information content (AvgIpc) is 3.47. The first-order chi connectivity index (χ1) is 18.0. The molecule has 2 aromatic carbocycles. The number of nitrogen functional groups attached to an aromatic ring is 1. The van der Waals surface area contributed by atoms with Crippen molar-refractivity contribution < 1.29 is 18.8 Å². The van der Waals surface area contributed by atoms with Crippen molar-refractivity contribution in [1.82, 2.24) is 25.9 Å². The lowest BCUT2D eigenvalue weighted by atomic mass is 10.1. The van der Waals surface area contributed by atoms with Crippen LogP contribution >= 0.6 is 0 Å². The van der Waals surface area contributed by atoms with Crippen LogP contribution in [0.1, 0.15) is 43.4 Å². The summed E-state index contributed by atoms with van der Waals surface area (Å²) in [6.45, 7) is 1.04. The minimum Gasteiger partial charge on any atom is -0.459 e. The summed E-state index contributed by atoms with van der Waals surface area (Å²) in [7, 11) is 0. The number of anilines is 1. The molecule has 0 unspecified atom stereocenters. The Labute approximate surface area is 213 Å². The highest BCUT2D eigenvalue weighted by Gasteiger charge is 2.16. The summed E-state index contributed by atoms with van der Waals surface area (Å²) >= 11 is 0. The third-order valence-electron chi connectivity index (χ3n) is 5.40. The molecule has 4 aromatic rings. The summed E-state index contributed by atoms with van der Waals surface area (Å²) in [5, 5.41) is 8.32. The van der Waals surface area contributed by atoms with Crippen molar-refractivity contribution in [2.24, 2.45) is 0 Å². The zero-order valence-electron chi connectivity index (χ0n) is 19.9. The number of amides is 3. The van der Waals surface area contributed by atoms with Crippen molar-refractivity contribution in [3.8, 4) is 11.3 Å². The van der Waals surface area contributed by atoms with E-state index in [0.717, 1.165) is 5.56 Å². The summed E-state index contributed by atoms with van der Waals surface area (Å²) in [5.74, 6) is -0.826. The number of carbonyl (C=O) groups is 3. The molecule has 0 aliphatic rings. The normalized spacial score (nSPS) is 10.5. The first kappa shape index (κ1) is 25.1.